The van der Waals surface area contributed by atoms with E-state index in [1.165, 1.54) is 12.1 Å². The Bertz CT molecular complexity index is 1150. The number of hydrogen-bond acceptors (Lipinski definition) is 11. The van der Waals surface area contributed by atoms with Crippen LogP contribution in [0.3, 0.4) is 0 Å². The number of aromatic nitrogens is 3. The lowest BCUT2D eigenvalue weighted by molar-refractivity contribution is -0.149. The number of aromatic hydroxyl groups is 1. The topological polar surface area (TPSA) is 250 Å². The molecule has 34 heavy (non-hydrogen) atoms. The number of nitrogens with one attached hydrogen (secondary N) is 2. The molecule has 15 nitrogen and oxygen atoms in total. The van der Waals surface area contributed by atoms with Crippen molar-refractivity contribution in [1.82, 2.24) is 19.9 Å². The van der Waals surface area contributed by atoms with Gasteiger partial charge >= 0.3 is 11.7 Å². The minimum Gasteiger partial charge on any atom is -0.506 e. The number of aliphatic hydroxyl groups excluding tert-OH is 3. The largest absolute Gasteiger partial charge is 0.506 e. The molecule has 15 heteroatoms. The molecule has 0 bridgehead atoms. The molecule has 0 aliphatic carbocycles. The predicted octanol–water partition coefficient (Wildman–Crippen LogP) is -3.72. The van der Waals surface area contributed by atoms with Crippen molar-refractivity contribution in [3.63, 3.8) is 0 Å². The number of pyridine rings is 1. The molecule has 0 saturated carbocycles. The highest BCUT2D eigenvalue weighted by Crippen LogP contribution is 2.30. The molecule has 1 amide bonds. The van der Waals surface area contributed by atoms with Crippen molar-refractivity contribution >= 4 is 11.9 Å². The van der Waals surface area contributed by atoms with Gasteiger partial charge in [0.15, 0.2) is 12.3 Å². The van der Waals surface area contributed by atoms with Gasteiger partial charge in [-0.15, -0.1) is 0 Å². The summed E-state index contributed by atoms with van der Waals surface area (Å²) >= 11 is 0. The molecule has 184 valence electrons. The number of carbonyl (C=O) groups is 2. The van der Waals surface area contributed by atoms with Gasteiger partial charge in [-0.1, -0.05) is 0 Å². The Morgan fingerprint density at radius 3 is 2.53 bits per heavy atom. The lowest BCUT2D eigenvalue weighted by Crippen LogP contribution is -2.56. The fourth-order valence-corrected chi connectivity index (χ4v) is 3.43. The third-order valence-electron chi connectivity index (χ3n) is 5.22. The van der Waals surface area contributed by atoms with Gasteiger partial charge in [0.05, 0.1) is 24.0 Å². The number of carbonyl (C=O) groups excluding carboxylic acids is 1. The summed E-state index contributed by atoms with van der Waals surface area (Å²) in [5, 5.41) is 51.8. The van der Waals surface area contributed by atoms with Crippen LogP contribution in [0.5, 0.6) is 5.75 Å². The number of carboxylic acid groups (broad SMARTS) is 1. The molecule has 0 spiro atoms. The number of hydrogen-bond donors (Lipinski definition) is 8. The average Bonchev–Trinajstić information content (AvgIpc) is 3.06. The zero-order valence-corrected chi connectivity index (χ0v) is 17.4. The number of H-pyrrole nitrogens is 1. The fraction of sp³-hybridized carbons (Fsp3) is 0.421. The average molecular weight is 481 g/mol. The molecule has 2 unspecified atom stereocenters. The number of amides is 1. The van der Waals surface area contributed by atoms with E-state index in [0.717, 1.165) is 23.0 Å². The Kier molecular flexibility index (Phi) is 7.43. The van der Waals surface area contributed by atoms with E-state index < -0.39 is 65.9 Å². The first-order valence-corrected chi connectivity index (χ1v) is 9.94. The van der Waals surface area contributed by atoms with Crippen molar-refractivity contribution in [3.05, 3.63) is 57.1 Å². The van der Waals surface area contributed by atoms with Gasteiger partial charge in [0.25, 0.3) is 5.56 Å². The zero-order chi connectivity index (χ0) is 25.2. The highest BCUT2D eigenvalue weighted by Gasteiger charge is 2.50. The smallest absolute Gasteiger partial charge is 0.330 e. The molecule has 1 fully saturated rings. The summed E-state index contributed by atoms with van der Waals surface area (Å²) in [4.78, 5) is 53.3. The van der Waals surface area contributed by atoms with E-state index in [1.54, 1.807) is 0 Å². The van der Waals surface area contributed by atoms with Gasteiger partial charge in [-0.2, -0.15) is 0 Å². The van der Waals surface area contributed by atoms with Gasteiger partial charge in [-0.3, -0.25) is 24.1 Å². The highest BCUT2D eigenvalue weighted by molar-refractivity contribution is 5.87. The molecule has 0 aromatic carbocycles. The molecule has 3 rings (SSSR count). The first-order valence-electron chi connectivity index (χ1n) is 9.94. The van der Waals surface area contributed by atoms with E-state index in [4.69, 9.17) is 10.5 Å². The lowest BCUT2D eigenvalue weighted by atomic mass is 10.0. The first kappa shape index (κ1) is 25.0. The molecule has 7 atom stereocenters. The van der Waals surface area contributed by atoms with Crippen molar-refractivity contribution in [2.45, 2.75) is 49.1 Å². The van der Waals surface area contributed by atoms with Crippen molar-refractivity contribution in [3.8, 4) is 5.75 Å². The van der Waals surface area contributed by atoms with Crippen LogP contribution in [0.15, 0.2) is 40.2 Å². The van der Waals surface area contributed by atoms with E-state index >= 15 is 0 Å². The Balaban J connectivity index is 1.72. The monoisotopic (exact) mass is 481 g/mol. The van der Waals surface area contributed by atoms with Crippen LogP contribution in [0, 0.1) is 0 Å². The quantitative estimate of drug-likeness (QED) is 0.181. The molecule has 2 aromatic rings. The number of aliphatic hydroxyl groups is 3. The molecule has 2 aromatic heterocycles. The van der Waals surface area contributed by atoms with Gasteiger partial charge in [-0.05, 0) is 12.1 Å². The van der Waals surface area contributed by atoms with Crippen LogP contribution in [0.2, 0.25) is 0 Å². The summed E-state index contributed by atoms with van der Waals surface area (Å²) in [6.07, 6.45) is -6.46. The summed E-state index contributed by atoms with van der Waals surface area (Å²) in [6, 6.07) is 0.240. The standard InChI is InChI=1S/C19H23N5O10/c20-8(5-10(26)9-2-1-7(25)6-21-9)16(30)23-12(18(31)32)15-13(28)14(29)17(34-15)24-4-3-11(27)22-19(24)33/h1-4,6,8,10,12-15,17,25-26,28-29H,5,20H2,(H,23,30)(H,31,32)(H,22,27,33)/t8?,10?,12-,13-,14+,15+,17+/m0/s1. The predicted molar refractivity (Wildman–Crippen MR) is 110 cm³/mol. The van der Waals surface area contributed by atoms with Crippen molar-refractivity contribution < 1.29 is 39.9 Å². The van der Waals surface area contributed by atoms with Gasteiger partial charge in [0, 0.05) is 18.7 Å². The number of aliphatic carboxylic acids is 1. The van der Waals surface area contributed by atoms with Crippen LogP contribution >= 0.6 is 0 Å². The second-order valence-corrected chi connectivity index (χ2v) is 7.61. The summed E-state index contributed by atoms with van der Waals surface area (Å²) in [5.41, 5.74) is 4.19. The highest BCUT2D eigenvalue weighted by atomic mass is 16.6. The SMILES string of the molecule is NC(CC(O)c1ccc(O)cn1)C(=O)N[C@H](C(=O)O)[C@H]1O[C@@H](n2ccc(=O)[nH]c2=O)[C@H](O)[C@@H]1O. The number of carboxylic acids is 1. The normalized spacial score (nSPS) is 24.8. The molecule has 9 N–H and O–H groups in total. The van der Waals surface area contributed by atoms with E-state index in [-0.39, 0.29) is 17.9 Å². The van der Waals surface area contributed by atoms with Crippen molar-refractivity contribution in [2.75, 3.05) is 0 Å². The van der Waals surface area contributed by atoms with Gasteiger partial charge in [0.1, 0.15) is 24.1 Å². The maximum atomic E-state index is 12.5. The molecular formula is C19H23N5O10. The molecule has 0 radical (unpaired) electrons. The maximum absolute atomic E-state index is 12.5. The Morgan fingerprint density at radius 1 is 1.24 bits per heavy atom. The summed E-state index contributed by atoms with van der Waals surface area (Å²) in [6.45, 7) is 0. The van der Waals surface area contributed by atoms with Gasteiger partial charge in [-0.25, -0.2) is 9.59 Å². The lowest BCUT2D eigenvalue weighted by Gasteiger charge is -2.25. The third kappa shape index (κ3) is 5.29. The number of aromatic amines is 1. The van der Waals surface area contributed by atoms with Crippen molar-refractivity contribution in [2.24, 2.45) is 5.73 Å². The Labute approximate surface area is 190 Å². The van der Waals surface area contributed by atoms with Crippen LogP contribution in [-0.2, 0) is 14.3 Å². The fourth-order valence-electron chi connectivity index (χ4n) is 3.43. The molecular weight excluding hydrogens is 458 g/mol. The minimum atomic E-state index is -1.89. The molecule has 3 heterocycles. The number of ether oxygens (including phenoxy) is 1. The van der Waals surface area contributed by atoms with Gasteiger partial charge in [0.2, 0.25) is 5.91 Å². The van der Waals surface area contributed by atoms with E-state index in [0.29, 0.717) is 0 Å². The van der Waals surface area contributed by atoms with Crippen LogP contribution < -0.4 is 22.3 Å². The van der Waals surface area contributed by atoms with E-state index in [2.05, 4.69) is 10.3 Å². The zero-order valence-electron chi connectivity index (χ0n) is 17.4. The number of nitrogens with two attached hydrogens (primary N) is 1. The molecule has 1 saturated heterocycles. The first-order chi connectivity index (χ1) is 16.0. The van der Waals surface area contributed by atoms with Crippen LogP contribution in [0.25, 0.3) is 0 Å². The van der Waals surface area contributed by atoms with Crippen LogP contribution in [-0.4, -0.2) is 82.3 Å². The number of rotatable bonds is 8. The van der Waals surface area contributed by atoms with Crippen LogP contribution in [0.4, 0.5) is 0 Å². The second-order valence-electron chi connectivity index (χ2n) is 7.61. The summed E-state index contributed by atoms with van der Waals surface area (Å²) < 4.78 is 6.13. The van der Waals surface area contributed by atoms with E-state index in [1.807, 2.05) is 4.98 Å². The minimum absolute atomic E-state index is 0.114. The van der Waals surface area contributed by atoms with Crippen LogP contribution in [0.1, 0.15) is 24.4 Å². The number of nitrogens with zero attached hydrogens (tertiary/aromatic N) is 2. The van der Waals surface area contributed by atoms with E-state index in [9.17, 15) is 44.7 Å². The molecule has 1 aliphatic heterocycles. The summed E-state index contributed by atoms with van der Waals surface area (Å²) in [5.74, 6) is -2.78. The molecule has 1 aliphatic rings. The Hall–Kier alpha value is -3.63. The van der Waals surface area contributed by atoms with Gasteiger partial charge < -0.3 is 41.3 Å². The Morgan fingerprint density at radius 2 is 1.94 bits per heavy atom. The third-order valence-corrected chi connectivity index (χ3v) is 5.22. The second kappa shape index (κ2) is 10.1. The summed E-state index contributed by atoms with van der Waals surface area (Å²) in [7, 11) is 0. The van der Waals surface area contributed by atoms with Crippen molar-refractivity contribution in [1.29, 1.82) is 0 Å². The maximum Gasteiger partial charge on any atom is 0.330 e.